The molecule has 4 N–H and O–H groups in total. The zero-order chi connectivity index (χ0) is 22.0. The number of para-hydroxylation sites is 1. The van der Waals surface area contributed by atoms with Crippen LogP contribution in [0.1, 0.15) is 57.3 Å². The van der Waals surface area contributed by atoms with Crippen LogP contribution in [0.25, 0.3) is 0 Å². The quantitative estimate of drug-likeness (QED) is 0.609. The highest BCUT2D eigenvalue weighted by Crippen LogP contribution is 2.38. The Morgan fingerprint density at radius 2 is 1.90 bits per heavy atom. The van der Waals surface area contributed by atoms with Gasteiger partial charge >= 0.3 is 6.03 Å². The number of rotatable bonds is 6. The van der Waals surface area contributed by atoms with Crippen LogP contribution >= 0.6 is 0 Å². The van der Waals surface area contributed by atoms with Crippen molar-refractivity contribution in [1.82, 2.24) is 25.2 Å². The summed E-state index contributed by atoms with van der Waals surface area (Å²) in [5, 5.41) is 6.11. The van der Waals surface area contributed by atoms with Crippen LogP contribution in [0.15, 0.2) is 24.3 Å². The molecule has 164 valence electrons. The minimum absolute atomic E-state index is 0.0340. The Balaban J connectivity index is 1.52. The van der Waals surface area contributed by atoms with Gasteiger partial charge in [0, 0.05) is 5.69 Å². The number of amides is 3. The Bertz CT molecular complexity index is 986. The summed E-state index contributed by atoms with van der Waals surface area (Å²) in [6.07, 6.45) is 5.18. The first-order valence-corrected chi connectivity index (χ1v) is 10.9. The molecule has 2 aromatic rings. The van der Waals surface area contributed by atoms with Crippen molar-refractivity contribution in [2.75, 3.05) is 11.1 Å². The van der Waals surface area contributed by atoms with Crippen molar-refractivity contribution in [3.8, 4) is 0 Å². The maximum Gasteiger partial charge on any atom is 0.325 e. The van der Waals surface area contributed by atoms with Crippen molar-refractivity contribution < 1.29 is 9.59 Å². The number of hydrogen-bond donors (Lipinski definition) is 3. The van der Waals surface area contributed by atoms with Gasteiger partial charge in [0.25, 0.3) is 5.91 Å². The molecule has 1 aliphatic carbocycles. The fraction of sp³-hybridized carbons (Fsp3) is 0.500. The smallest absolute Gasteiger partial charge is 0.325 e. The highest BCUT2D eigenvalue weighted by atomic mass is 16.2. The molecule has 1 saturated heterocycles. The predicted molar refractivity (Wildman–Crippen MR) is 117 cm³/mol. The Kier molecular flexibility index (Phi) is 5.75. The van der Waals surface area contributed by atoms with Crippen LogP contribution in [0.2, 0.25) is 0 Å². The van der Waals surface area contributed by atoms with Crippen molar-refractivity contribution in [3.63, 3.8) is 0 Å². The van der Waals surface area contributed by atoms with Gasteiger partial charge in [-0.3, -0.25) is 9.69 Å². The lowest BCUT2D eigenvalue weighted by molar-refractivity contribution is -0.133. The SMILES string of the molecule is CCc1ccccc1Nc1nc(N)nc(CN2C(=O)NC3(CCC(CC)CC3)C2=O)n1. The van der Waals surface area contributed by atoms with Crippen LogP contribution in [0.3, 0.4) is 0 Å². The maximum absolute atomic E-state index is 13.2. The first-order valence-electron chi connectivity index (χ1n) is 10.9. The summed E-state index contributed by atoms with van der Waals surface area (Å²) in [6, 6.07) is 7.45. The normalized spacial score (nSPS) is 23.3. The van der Waals surface area contributed by atoms with E-state index < -0.39 is 11.6 Å². The zero-order valence-electron chi connectivity index (χ0n) is 18.0. The summed E-state index contributed by atoms with van der Waals surface area (Å²) in [6.45, 7) is 4.19. The molecule has 0 unspecified atom stereocenters. The topological polar surface area (TPSA) is 126 Å². The van der Waals surface area contributed by atoms with Crippen molar-refractivity contribution in [1.29, 1.82) is 0 Å². The lowest BCUT2D eigenvalue weighted by Gasteiger charge is -2.34. The van der Waals surface area contributed by atoms with Gasteiger partial charge in [0.1, 0.15) is 5.54 Å². The number of urea groups is 1. The second-order valence-corrected chi connectivity index (χ2v) is 8.32. The summed E-state index contributed by atoms with van der Waals surface area (Å²) < 4.78 is 0. The van der Waals surface area contributed by atoms with E-state index in [9.17, 15) is 9.59 Å². The van der Waals surface area contributed by atoms with Gasteiger partial charge in [0.2, 0.25) is 11.9 Å². The van der Waals surface area contributed by atoms with Crippen LogP contribution in [-0.2, 0) is 17.8 Å². The number of aryl methyl sites for hydroxylation is 1. The van der Waals surface area contributed by atoms with Crippen molar-refractivity contribution in [3.05, 3.63) is 35.7 Å². The lowest BCUT2D eigenvalue weighted by atomic mass is 9.75. The third-order valence-electron chi connectivity index (χ3n) is 6.43. The number of nitrogens with two attached hydrogens (primary N) is 1. The van der Waals surface area contributed by atoms with Gasteiger partial charge in [-0.1, -0.05) is 38.5 Å². The van der Waals surface area contributed by atoms with E-state index in [1.54, 1.807) is 0 Å². The molecule has 1 aromatic heterocycles. The molecule has 2 aliphatic rings. The van der Waals surface area contributed by atoms with E-state index in [0.29, 0.717) is 18.8 Å². The summed E-state index contributed by atoms with van der Waals surface area (Å²) >= 11 is 0. The van der Waals surface area contributed by atoms with Crippen LogP contribution < -0.4 is 16.4 Å². The van der Waals surface area contributed by atoms with E-state index in [-0.39, 0.29) is 30.2 Å². The van der Waals surface area contributed by atoms with Gasteiger partial charge in [-0.25, -0.2) is 4.79 Å². The van der Waals surface area contributed by atoms with Crippen LogP contribution in [-0.4, -0.2) is 37.3 Å². The number of aromatic nitrogens is 3. The number of hydrogen-bond acceptors (Lipinski definition) is 7. The lowest BCUT2D eigenvalue weighted by Crippen LogP contribution is -2.49. The zero-order valence-corrected chi connectivity index (χ0v) is 18.0. The molecule has 0 bridgehead atoms. The molecule has 4 rings (SSSR count). The average Bonchev–Trinajstić information content (AvgIpc) is 2.98. The Labute approximate surface area is 181 Å². The molecule has 1 aromatic carbocycles. The van der Waals surface area contributed by atoms with E-state index in [0.717, 1.165) is 36.9 Å². The van der Waals surface area contributed by atoms with E-state index in [1.807, 2.05) is 24.3 Å². The number of nitrogen functional groups attached to an aromatic ring is 1. The molecule has 0 atom stereocenters. The van der Waals surface area contributed by atoms with Gasteiger partial charge in [-0.15, -0.1) is 0 Å². The molecule has 3 amide bonds. The van der Waals surface area contributed by atoms with Crippen LogP contribution in [0, 0.1) is 5.92 Å². The minimum Gasteiger partial charge on any atom is -0.368 e. The Hall–Kier alpha value is -3.23. The van der Waals surface area contributed by atoms with E-state index in [4.69, 9.17) is 5.73 Å². The highest BCUT2D eigenvalue weighted by Gasteiger charge is 2.52. The number of nitrogens with one attached hydrogen (secondary N) is 2. The monoisotopic (exact) mass is 423 g/mol. The first-order chi connectivity index (χ1) is 14.9. The number of nitrogens with zero attached hydrogens (tertiary/aromatic N) is 4. The van der Waals surface area contributed by atoms with Gasteiger partial charge in [-0.2, -0.15) is 15.0 Å². The predicted octanol–water partition coefficient (Wildman–Crippen LogP) is 3.15. The van der Waals surface area contributed by atoms with Crippen LogP contribution in [0.4, 0.5) is 22.4 Å². The Morgan fingerprint density at radius 1 is 1.16 bits per heavy atom. The third-order valence-corrected chi connectivity index (χ3v) is 6.43. The van der Waals surface area contributed by atoms with E-state index in [2.05, 4.69) is 39.4 Å². The minimum atomic E-state index is -0.789. The van der Waals surface area contributed by atoms with Crippen molar-refractivity contribution >= 4 is 29.5 Å². The summed E-state index contributed by atoms with van der Waals surface area (Å²) in [7, 11) is 0. The van der Waals surface area contributed by atoms with Gasteiger partial charge in [0.15, 0.2) is 5.82 Å². The number of benzene rings is 1. The maximum atomic E-state index is 13.2. The first kappa shape index (κ1) is 21.0. The molecule has 1 saturated carbocycles. The Morgan fingerprint density at radius 3 is 2.61 bits per heavy atom. The summed E-state index contributed by atoms with van der Waals surface area (Å²) in [5.74, 6) is 1.01. The number of carbonyl (C=O) groups excluding carboxylic acids is 2. The third kappa shape index (κ3) is 4.17. The molecule has 1 aliphatic heterocycles. The molecular weight excluding hydrogens is 394 g/mol. The second-order valence-electron chi connectivity index (χ2n) is 8.32. The largest absolute Gasteiger partial charge is 0.368 e. The fourth-order valence-corrected chi connectivity index (χ4v) is 4.51. The number of imide groups is 1. The van der Waals surface area contributed by atoms with Crippen molar-refractivity contribution in [2.45, 2.75) is 64.5 Å². The summed E-state index contributed by atoms with van der Waals surface area (Å²) in [4.78, 5) is 39.7. The van der Waals surface area contributed by atoms with Crippen molar-refractivity contribution in [2.24, 2.45) is 5.92 Å². The number of anilines is 3. The molecule has 9 nitrogen and oxygen atoms in total. The molecule has 0 radical (unpaired) electrons. The molecule has 2 fully saturated rings. The molecule has 1 spiro atoms. The van der Waals surface area contributed by atoms with E-state index >= 15 is 0 Å². The molecule has 2 heterocycles. The van der Waals surface area contributed by atoms with Gasteiger partial charge in [-0.05, 0) is 49.7 Å². The van der Waals surface area contributed by atoms with E-state index in [1.165, 1.54) is 4.90 Å². The van der Waals surface area contributed by atoms with Gasteiger partial charge < -0.3 is 16.4 Å². The summed E-state index contributed by atoms with van der Waals surface area (Å²) in [5.41, 5.74) is 7.09. The average molecular weight is 424 g/mol. The standard InChI is InChI=1S/C22H29N7O2/c1-3-14-9-11-22(12-10-14)18(30)29(21(31)28-22)13-17-25-19(23)27-20(26-17)24-16-8-6-5-7-15(16)4-2/h5-8,14H,3-4,9-13H2,1-2H3,(H,28,31)(H3,23,24,25,26,27). The molecular formula is C22H29N7O2. The van der Waals surface area contributed by atoms with Crippen LogP contribution in [0.5, 0.6) is 0 Å². The van der Waals surface area contributed by atoms with Gasteiger partial charge in [0.05, 0.1) is 6.54 Å². The second kappa shape index (κ2) is 8.49. The molecule has 9 heteroatoms. The fourth-order valence-electron chi connectivity index (χ4n) is 4.51. The number of carbonyl (C=O) groups is 2. The molecule has 31 heavy (non-hydrogen) atoms. The highest BCUT2D eigenvalue weighted by molar-refractivity contribution is 6.07.